The van der Waals surface area contributed by atoms with E-state index in [4.69, 9.17) is 19.5 Å². The lowest BCUT2D eigenvalue weighted by Crippen LogP contribution is -1.92. The number of furan rings is 1. The van der Waals surface area contributed by atoms with Gasteiger partial charge in [0.1, 0.15) is 11.2 Å². The number of rotatable bonds is 4. The lowest BCUT2D eigenvalue weighted by molar-refractivity contribution is 0.669. The largest absolute Gasteiger partial charge is 0.456 e. The minimum absolute atomic E-state index is 0.123. The van der Waals surface area contributed by atoms with Crippen molar-refractivity contribution in [2.24, 2.45) is 0 Å². The third-order valence-corrected chi connectivity index (χ3v) is 8.74. The van der Waals surface area contributed by atoms with Crippen molar-refractivity contribution in [3.63, 3.8) is 0 Å². The van der Waals surface area contributed by atoms with Crippen LogP contribution < -0.4 is 0 Å². The molecular weight excluding hydrogens is 593 g/mol. The Bertz CT molecular complexity index is 3850. The summed E-state index contributed by atoms with van der Waals surface area (Å²) in [5.74, 6) is 0. The molecule has 0 unspecified atom stereocenters. The summed E-state index contributed by atoms with van der Waals surface area (Å²) in [5.41, 5.74) is 0.492. The van der Waals surface area contributed by atoms with Crippen molar-refractivity contribution in [3.05, 3.63) is 182 Å². The molecule has 9 aromatic carbocycles. The maximum atomic E-state index is 9.89. The molecule has 10 aromatic rings. The van der Waals surface area contributed by atoms with Crippen molar-refractivity contribution in [2.45, 2.75) is 0 Å². The molecule has 0 fully saturated rings. The summed E-state index contributed by atoms with van der Waals surface area (Å²) >= 11 is 0. The zero-order chi connectivity index (χ0) is 48.8. The first kappa shape index (κ1) is 14.8. The summed E-state index contributed by atoms with van der Waals surface area (Å²) in [7, 11) is 0. The number of hydrogen-bond donors (Lipinski definition) is 0. The highest BCUT2D eigenvalue weighted by atomic mass is 16.3. The van der Waals surface area contributed by atoms with Gasteiger partial charge < -0.3 is 4.42 Å². The molecule has 0 radical (unpaired) electrons. The molecule has 1 aromatic heterocycles. The van der Waals surface area contributed by atoms with Gasteiger partial charge in [0.25, 0.3) is 0 Å². The number of hydrogen-bond acceptors (Lipinski definition) is 1. The summed E-state index contributed by atoms with van der Waals surface area (Å²) in [5, 5.41) is -1.71. The molecule has 0 N–H and O–H groups in total. The third-order valence-electron chi connectivity index (χ3n) is 8.74. The van der Waals surface area contributed by atoms with Gasteiger partial charge in [-0.3, -0.25) is 0 Å². The van der Waals surface area contributed by atoms with E-state index < -0.39 is 164 Å². The molecule has 0 aliphatic carbocycles. The standard InChI is InChI=1S/C48H30O/c1-3-14-31(15-4-1)35-24-13-25-45-48(35)43-30-33(26-29-44(43)49-45)34-27-28-42(37-19-8-7-18-36(34)37)47-40-22-11-9-20-38(40)46(32-16-5-2-6-17-32)39-21-10-12-23-41(39)47/h1-30H/i2D,5D,6D,7D,8D,9D,10D,11D,12D,16D,17D,18D,19D,20D,21D,22D,23D,27D,28D. The molecule has 0 saturated heterocycles. The van der Waals surface area contributed by atoms with E-state index in [2.05, 4.69) is 0 Å². The van der Waals surface area contributed by atoms with E-state index in [1.54, 1.807) is 24.3 Å². The van der Waals surface area contributed by atoms with Crippen LogP contribution in [0.4, 0.5) is 0 Å². The lowest BCUT2D eigenvalue weighted by atomic mass is 9.84. The van der Waals surface area contributed by atoms with Crippen LogP contribution in [0, 0.1) is 0 Å². The first-order chi connectivity index (χ1) is 32.2. The Balaban J connectivity index is 1.46. The van der Waals surface area contributed by atoms with Crippen LogP contribution in [0.5, 0.6) is 0 Å². The van der Waals surface area contributed by atoms with Crippen LogP contribution in [0.15, 0.2) is 186 Å². The first-order valence-corrected chi connectivity index (χ1v) is 15.3. The predicted molar refractivity (Wildman–Crippen MR) is 208 cm³/mol. The lowest BCUT2D eigenvalue weighted by Gasteiger charge is -2.19. The Kier molecular flexibility index (Phi) is 3.34. The monoisotopic (exact) mass is 641 g/mol. The van der Waals surface area contributed by atoms with E-state index in [1.807, 2.05) is 42.5 Å². The third kappa shape index (κ3) is 4.33. The average Bonchev–Trinajstić information content (AvgIpc) is 3.72. The summed E-state index contributed by atoms with van der Waals surface area (Å²) in [4.78, 5) is 0. The van der Waals surface area contributed by atoms with Gasteiger partial charge in [-0.15, -0.1) is 0 Å². The Labute approximate surface area is 311 Å². The fraction of sp³-hybridized carbons (Fsp3) is 0. The van der Waals surface area contributed by atoms with Gasteiger partial charge in [0, 0.05) is 10.8 Å². The molecule has 228 valence electrons. The van der Waals surface area contributed by atoms with Crippen molar-refractivity contribution < 1.29 is 30.5 Å². The molecule has 49 heavy (non-hydrogen) atoms. The first-order valence-electron chi connectivity index (χ1n) is 24.8. The van der Waals surface area contributed by atoms with Gasteiger partial charge >= 0.3 is 0 Å². The Morgan fingerprint density at radius 1 is 0.347 bits per heavy atom. The van der Waals surface area contributed by atoms with Crippen LogP contribution >= 0.6 is 0 Å². The van der Waals surface area contributed by atoms with E-state index in [1.165, 1.54) is 0 Å². The van der Waals surface area contributed by atoms with Gasteiger partial charge in [-0.05, 0) is 95.0 Å². The van der Waals surface area contributed by atoms with Crippen LogP contribution in [-0.2, 0) is 0 Å². The van der Waals surface area contributed by atoms with Crippen LogP contribution in [0.1, 0.15) is 26.0 Å². The van der Waals surface area contributed by atoms with Gasteiger partial charge in [-0.1, -0.05) is 163 Å². The molecule has 0 atom stereocenters. The average molecular weight is 642 g/mol. The molecule has 0 spiro atoms. The van der Waals surface area contributed by atoms with E-state index in [0.717, 1.165) is 11.1 Å². The number of fused-ring (bicyclic) bond motifs is 6. The fourth-order valence-electron chi connectivity index (χ4n) is 6.68. The van der Waals surface area contributed by atoms with Crippen molar-refractivity contribution >= 4 is 54.3 Å². The highest BCUT2D eigenvalue weighted by Gasteiger charge is 2.19. The second-order valence-electron chi connectivity index (χ2n) is 11.4. The molecule has 1 heteroatoms. The quantitative estimate of drug-likeness (QED) is 0.174. The van der Waals surface area contributed by atoms with E-state index in [0.29, 0.717) is 21.9 Å². The molecule has 0 amide bonds. The van der Waals surface area contributed by atoms with Gasteiger partial charge in [0.05, 0.1) is 26.0 Å². The Morgan fingerprint density at radius 2 is 0.939 bits per heavy atom. The van der Waals surface area contributed by atoms with Crippen molar-refractivity contribution in [1.29, 1.82) is 0 Å². The minimum Gasteiger partial charge on any atom is -0.456 e. The molecular formula is C48H30O. The maximum Gasteiger partial charge on any atom is 0.136 e. The van der Waals surface area contributed by atoms with Gasteiger partial charge in [0.2, 0.25) is 0 Å². The minimum atomic E-state index is -0.869. The van der Waals surface area contributed by atoms with Gasteiger partial charge in [0.15, 0.2) is 0 Å². The summed E-state index contributed by atoms with van der Waals surface area (Å²) < 4.78 is 179. The summed E-state index contributed by atoms with van der Waals surface area (Å²) in [6, 6.07) is 4.58. The summed E-state index contributed by atoms with van der Waals surface area (Å²) in [6.45, 7) is 0. The normalized spacial score (nSPS) is 17.1. The SMILES string of the molecule is [2H]c1c([2H])c([2H])c(-c2c3c([2H])c([2H])c([2H])c([2H])c3c(-c3c([2H])c([2H])c(-c4ccc5oc6cccc(-c7ccccc7)c6c5c4)c4c([2H])c([2H])c([2H])c([2H])c34)c3c([2H])c([2H])c([2H])c([2H])c23)c([2H])c1[2H]. The van der Waals surface area contributed by atoms with E-state index >= 15 is 0 Å². The van der Waals surface area contributed by atoms with E-state index in [9.17, 15) is 11.0 Å². The smallest absolute Gasteiger partial charge is 0.136 e. The highest BCUT2D eigenvalue weighted by Crippen LogP contribution is 2.47. The van der Waals surface area contributed by atoms with Crippen molar-refractivity contribution in [1.82, 2.24) is 0 Å². The van der Waals surface area contributed by atoms with Gasteiger partial charge in [-0.2, -0.15) is 0 Å². The highest BCUT2D eigenvalue weighted by molar-refractivity contribution is 6.24. The zero-order valence-corrected chi connectivity index (χ0v) is 25.3. The molecule has 0 aliphatic heterocycles. The Hall–Kier alpha value is -6.44. The van der Waals surface area contributed by atoms with Crippen LogP contribution in [0.25, 0.3) is 98.8 Å². The van der Waals surface area contributed by atoms with Gasteiger partial charge in [-0.25, -0.2) is 0 Å². The molecule has 10 rings (SSSR count). The van der Waals surface area contributed by atoms with Crippen molar-refractivity contribution in [3.8, 4) is 44.5 Å². The molecule has 0 saturated carbocycles. The maximum absolute atomic E-state index is 9.89. The van der Waals surface area contributed by atoms with Crippen LogP contribution in [-0.4, -0.2) is 0 Å². The second-order valence-corrected chi connectivity index (χ2v) is 11.4. The predicted octanol–water partition coefficient (Wildman–Crippen LogP) is 13.7. The summed E-state index contributed by atoms with van der Waals surface area (Å²) in [6.07, 6.45) is 0. The van der Waals surface area contributed by atoms with Crippen LogP contribution in [0.3, 0.4) is 0 Å². The molecule has 1 heterocycles. The van der Waals surface area contributed by atoms with Crippen molar-refractivity contribution in [2.75, 3.05) is 0 Å². The fourth-order valence-corrected chi connectivity index (χ4v) is 6.68. The topological polar surface area (TPSA) is 13.1 Å². The molecule has 1 nitrogen and oxygen atoms in total. The number of benzene rings is 9. The van der Waals surface area contributed by atoms with E-state index in [-0.39, 0.29) is 16.5 Å². The second kappa shape index (κ2) is 11.1. The Morgan fingerprint density at radius 3 is 1.63 bits per heavy atom. The zero-order valence-electron chi connectivity index (χ0n) is 44.3. The molecule has 0 aliphatic rings. The molecule has 0 bridgehead atoms. The van der Waals surface area contributed by atoms with Crippen LogP contribution in [0.2, 0.25) is 0 Å².